The lowest BCUT2D eigenvalue weighted by Crippen LogP contribution is -2.22. The Kier molecular flexibility index (Phi) is 5.59. The highest BCUT2D eigenvalue weighted by molar-refractivity contribution is 6.32. The molecule has 2 aromatic rings. The van der Waals surface area contributed by atoms with Crippen LogP contribution in [0.2, 0.25) is 5.02 Å². The van der Waals surface area contributed by atoms with Gasteiger partial charge in [0.2, 0.25) is 0 Å². The molecule has 0 saturated heterocycles. The molecule has 0 bridgehead atoms. The van der Waals surface area contributed by atoms with Gasteiger partial charge in [0.1, 0.15) is 18.7 Å². The van der Waals surface area contributed by atoms with E-state index in [1.54, 1.807) is 0 Å². The molecule has 0 aliphatic rings. The Bertz CT molecular complexity index is 583. The first-order valence-corrected chi connectivity index (χ1v) is 7.49. The Labute approximate surface area is 130 Å². The van der Waals surface area contributed by atoms with Gasteiger partial charge >= 0.3 is 0 Å². The maximum atomic E-state index is 6.26. The number of rotatable bonds is 7. The van der Waals surface area contributed by atoms with E-state index in [0.29, 0.717) is 30.0 Å². The van der Waals surface area contributed by atoms with Crippen LogP contribution in [0.3, 0.4) is 0 Å². The molecule has 0 aliphatic carbocycles. The molecule has 0 amide bonds. The molecule has 0 spiro atoms. The van der Waals surface area contributed by atoms with Crippen LogP contribution in [-0.2, 0) is 19.7 Å². The van der Waals surface area contributed by atoms with Crippen molar-refractivity contribution in [1.29, 1.82) is 0 Å². The molecule has 0 radical (unpaired) electrons. The Balaban J connectivity index is 2.11. The number of hydrogen-bond donors (Lipinski definition) is 1. The van der Waals surface area contributed by atoms with Gasteiger partial charge in [-0.15, -0.1) is 0 Å². The number of aryl methyl sites for hydroxylation is 1. The van der Waals surface area contributed by atoms with E-state index in [2.05, 4.69) is 29.2 Å². The maximum absolute atomic E-state index is 6.26. The van der Waals surface area contributed by atoms with Crippen molar-refractivity contribution in [2.24, 2.45) is 0 Å². The largest absolute Gasteiger partial charge is 0.484 e. The van der Waals surface area contributed by atoms with Crippen LogP contribution < -0.4 is 10.1 Å². The van der Waals surface area contributed by atoms with Crippen molar-refractivity contribution in [3.63, 3.8) is 0 Å². The minimum atomic E-state index is 0.353. The Morgan fingerprint density at radius 2 is 2.19 bits per heavy atom. The number of nitrogens with one attached hydrogen (secondary N) is 1. The number of hydrogen-bond acceptors (Lipinski definition) is 4. The van der Waals surface area contributed by atoms with Gasteiger partial charge in [0.25, 0.3) is 0 Å². The third-order valence-electron chi connectivity index (χ3n) is 3.09. The van der Waals surface area contributed by atoms with Gasteiger partial charge in [-0.25, -0.2) is 9.67 Å². The first-order chi connectivity index (χ1) is 10.1. The van der Waals surface area contributed by atoms with Gasteiger partial charge in [0.05, 0.1) is 5.02 Å². The molecule has 21 heavy (non-hydrogen) atoms. The quantitative estimate of drug-likeness (QED) is 0.854. The van der Waals surface area contributed by atoms with Crippen LogP contribution in [-0.4, -0.2) is 20.8 Å². The Hall–Kier alpha value is -1.59. The van der Waals surface area contributed by atoms with Crippen molar-refractivity contribution in [1.82, 2.24) is 20.1 Å². The van der Waals surface area contributed by atoms with Crippen molar-refractivity contribution >= 4 is 11.6 Å². The summed E-state index contributed by atoms with van der Waals surface area (Å²) in [5.41, 5.74) is 1.04. The fraction of sp³-hybridized carbons (Fsp3) is 0.467. The third-order valence-corrected chi connectivity index (χ3v) is 3.39. The molecule has 0 saturated carbocycles. The second-order valence-electron chi connectivity index (χ2n) is 5.04. The van der Waals surface area contributed by atoms with E-state index in [4.69, 9.17) is 16.3 Å². The second kappa shape index (κ2) is 7.43. The first kappa shape index (κ1) is 15.8. The summed E-state index contributed by atoms with van der Waals surface area (Å²) in [5.74, 6) is 1.50. The van der Waals surface area contributed by atoms with E-state index in [1.807, 2.05) is 29.8 Å². The van der Waals surface area contributed by atoms with E-state index < -0.39 is 0 Å². The highest BCUT2D eigenvalue weighted by atomic mass is 35.5. The molecule has 0 atom stereocenters. The zero-order chi connectivity index (χ0) is 15.2. The Morgan fingerprint density at radius 3 is 2.90 bits per heavy atom. The molecule has 1 N–H and O–H groups in total. The molecular formula is C15H21ClN4O. The van der Waals surface area contributed by atoms with E-state index >= 15 is 0 Å². The molecule has 6 heteroatoms. The van der Waals surface area contributed by atoms with E-state index in [1.165, 1.54) is 6.33 Å². The van der Waals surface area contributed by atoms with Crippen molar-refractivity contribution in [3.05, 3.63) is 40.9 Å². The molecule has 0 unspecified atom stereocenters. The molecule has 1 aromatic heterocycles. The fourth-order valence-corrected chi connectivity index (χ4v) is 2.22. The summed E-state index contributed by atoms with van der Waals surface area (Å²) in [6, 6.07) is 6.18. The van der Waals surface area contributed by atoms with Crippen LogP contribution in [0.5, 0.6) is 5.75 Å². The van der Waals surface area contributed by atoms with Crippen LogP contribution in [0.1, 0.15) is 32.2 Å². The summed E-state index contributed by atoms with van der Waals surface area (Å²) < 4.78 is 7.70. The predicted octanol–water partition coefficient (Wildman–Crippen LogP) is 3.03. The SMILES string of the molecule is CCn1ncnc1COc1c(Cl)cccc1CNC(C)C. The average molecular weight is 309 g/mol. The van der Waals surface area contributed by atoms with E-state index in [-0.39, 0.29) is 0 Å². The number of para-hydroxylation sites is 1. The van der Waals surface area contributed by atoms with Gasteiger partial charge in [0.15, 0.2) is 5.82 Å². The van der Waals surface area contributed by atoms with Gasteiger partial charge in [-0.1, -0.05) is 37.6 Å². The minimum Gasteiger partial charge on any atom is -0.484 e. The van der Waals surface area contributed by atoms with Crippen molar-refractivity contribution in [2.45, 2.75) is 46.5 Å². The third kappa shape index (κ3) is 4.19. The monoisotopic (exact) mass is 308 g/mol. The van der Waals surface area contributed by atoms with Crippen LogP contribution in [0.25, 0.3) is 0 Å². The summed E-state index contributed by atoms with van der Waals surface area (Å²) >= 11 is 6.26. The van der Waals surface area contributed by atoms with Crippen LogP contribution >= 0.6 is 11.6 Å². The molecule has 1 heterocycles. The highest BCUT2D eigenvalue weighted by Gasteiger charge is 2.11. The molecule has 2 rings (SSSR count). The predicted molar refractivity (Wildman–Crippen MR) is 83.5 cm³/mol. The zero-order valence-corrected chi connectivity index (χ0v) is 13.4. The van der Waals surface area contributed by atoms with Crippen molar-refractivity contribution < 1.29 is 4.74 Å². The number of aromatic nitrogens is 3. The number of ether oxygens (including phenoxy) is 1. The topological polar surface area (TPSA) is 52.0 Å². The fourth-order valence-electron chi connectivity index (χ4n) is 1.97. The van der Waals surface area contributed by atoms with Gasteiger partial charge in [-0.3, -0.25) is 0 Å². The lowest BCUT2D eigenvalue weighted by Gasteiger charge is -2.15. The minimum absolute atomic E-state index is 0.353. The van der Waals surface area contributed by atoms with Crippen LogP contribution in [0.15, 0.2) is 24.5 Å². The summed E-state index contributed by atoms with van der Waals surface area (Å²) in [6.07, 6.45) is 1.54. The Morgan fingerprint density at radius 1 is 1.38 bits per heavy atom. The standard InChI is InChI=1S/C15H21ClN4O/c1-4-20-14(18-10-19-20)9-21-15-12(8-17-11(2)3)6-5-7-13(15)16/h5-7,10-11,17H,4,8-9H2,1-3H3. The number of halogens is 1. The van der Waals surface area contributed by atoms with E-state index in [0.717, 1.165) is 17.9 Å². The second-order valence-corrected chi connectivity index (χ2v) is 5.45. The normalized spacial score (nSPS) is 11.1. The van der Waals surface area contributed by atoms with Crippen LogP contribution in [0, 0.1) is 0 Å². The van der Waals surface area contributed by atoms with E-state index in [9.17, 15) is 0 Å². The first-order valence-electron chi connectivity index (χ1n) is 7.12. The lowest BCUT2D eigenvalue weighted by atomic mass is 10.2. The molecular weight excluding hydrogens is 288 g/mol. The summed E-state index contributed by atoms with van der Waals surface area (Å²) in [6.45, 7) is 8.07. The highest BCUT2D eigenvalue weighted by Crippen LogP contribution is 2.29. The molecule has 0 fully saturated rings. The lowest BCUT2D eigenvalue weighted by molar-refractivity contribution is 0.283. The molecule has 0 aliphatic heterocycles. The zero-order valence-electron chi connectivity index (χ0n) is 12.6. The van der Waals surface area contributed by atoms with Crippen LogP contribution in [0.4, 0.5) is 0 Å². The van der Waals surface area contributed by atoms with Gasteiger partial charge in [0, 0.05) is 24.7 Å². The number of benzene rings is 1. The molecule has 114 valence electrons. The summed E-state index contributed by atoms with van der Waals surface area (Å²) in [7, 11) is 0. The van der Waals surface area contributed by atoms with Gasteiger partial charge in [-0.2, -0.15) is 5.10 Å². The van der Waals surface area contributed by atoms with Crippen molar-refractivity contribution in [3.8, 4) is 5.75 Å². The molecule has 5 nitrogen and oxygen atoms in total. The van der Waals surface area contributed by atoms with Gasteiger partial charge < -0.3 is 10.1 Å². The van der Waals surface area contributed by atoms with Crippen molar-refractivity contribution in [2.75, 3.05) is 0 Å². The average Bonchev–Trinajstić information content (AvgIpc) is 2.91. The maximum Gasteiger partial charge on any atom is 0.164 e. The number of nitrogens with zero attached hydrogens (tertiary/aromatic N) is 3. The summed E-state index contributed by atoms with van der Waals surface area (Å²) in [4.78, 5) is 4.20. The van der Waals surface area contributed by atoms with Gasteiger partial charge in [-0.05, 0) is 13.0 Å². The molecule has 1 aromatic carbocycles. The summed E-state index contributed by atoms with van der Waals surface area (Å²) in [5, 5.41) is 8.12. The smallest absolute Gasteiger partial charge is 0.164 e.